The Kier molecular flexibility index (Phi) is 5.54. The number of aliphatic carboxylic acids is 2. The molecule has 5 N–H and O–H groups in total. The van der Waals surface area contributed by atoms with Gasteiger partial charge in [-0.25, -0.2) is 0 Å². The second kappa shape index (κ2) is 4.75. The van der Waals surface area contributed by atoms with E-state index in [1.54, 1.807) is 0 Å². The monoisotopic (exact) mass is 149 g/mol. The van der Waals surface area contributed by atoms with Crippen LogP contribution in [-0.4, -0.2) is 22.2 Å². The van der Waals surface area contributed by atoms with E-state index < -0.39 is 17.9 Å². The zero-order chi connectivity index (χ0) is 7.44. The zero-order valence-electron chi connectivity index (χ0n) is 5.70. The molecular formula is C5H11NO4. The molecule has 0 aliphatic heterocycles. The Morgan fingerprint density at radius 1 is 1.40 bits per heavy atom. The molecule has 0 amide bonds. The van der Waals surface area contributed by atoms with E-state index >= 15 is 0 Å². The summed E-state index contributed by atoms with van der Waals surface area (Å²) in [7, 11) is 0. The van der Waals surface area contributed by atoms with E-state index in [1.807, 2.05) is 0 Å². The first-order valence-corrected chi connectivity index (χ1v) is 2.48. The summed E-state index contributed by atoms with van der Waals surface area (Å²) < 4.78 is 0. The molecule has 1 unspecified atom stereocenters. The second-order valence-electron chi connectivity index (χ2n) is 1.84. The first-order chi connectivity index (χ1) is 4.04. The molecule has 0 aliphatic carbocycles. The minimum absolute atomic E-state index is 0. The number of hydrogen-bond donors (Lipinski definition) is 3. The van der Waals surface area contributed by atoms with Gasteiger partial charge in [0.05, 0.1) is 12.3 Å². The standard InChI is InChI=1S/C5H8O4.H3N/c1-3(5(8)9)2-4(6)7;/h3H,2H2,1H3,(H,6,7)(H,8,9);1H3. The maximum absolute atomic E-state index is 9.97. The summed E-state index contributed by atoms with van der Waals surface area (Å²) in [6.07, 6.45) is -0.310. The molecular weight excluding hydrogens is 138 g/mol. The predicted molar refractivity (Wildman–Crippen MR) is 34.1 cm³/mol. The smallest absolute Gasteiger partial charge is 0.306 e. The van der Waals surface area contributed by atoms with E-state index in [9.17, 15) is 9.59 Å². The number of hydrogen-bond acceptors (Lipinski definition) is 3. The SMILES string of the molecule is CC(CC(=O)O)C(=O)O.N. The Morgan fingerprint density at radius 3 is 1.90 bits per heavy atom. The molecule has 0 aliphatic rings. The van der Waals surface area contributed by atoms with E-state index in [0.717, 1.165) is 0 Å². The van der Waals surface area contributed by atoms with Gasteiger partial charge in [-0.15, -0.1) is 0 Å². The van der Waals surface area contributed by atoms with Gasteiger partial charge in [0.25, 0.3) is 0 Å². The van der Waals surface area contributed by atoms with Crippen LogP contribution < -0.4 is 6.15 Å². The second-order valence-corrected chi connectivity index (χ2v) is 1.84. The topological polar surface area (TPSA) is 110 Å². The minimum Gasteiger partial charge on any atom is -0.481 e. The molecule has 10 heavy (non-hydrogen) atoms. The highest BCUT2D eigenvalue weighted by molar-refractivity contribution is 5.77. The molecule has 0 saturated heterocycles. The van der Waals surface area contributed by atoms with Gasteiger partial charge in [-0.3, -0.25) is 9.59 Å². The molecule has 5 heteroatoms. The molecule has 0 spiro atoms. The quantitative estimate of drug-likeness (QED) is 0.536. The molecule has 60 valence electrons. The highest BCUT2D eigenvalue weighted by Crippen LogP contribution is 1.99. The van der Waals surface area contributed by atoms with E-state index in [1.165, 1.54) is 6.92 Å². The maximum Gasteiger partial charge on any atom is 0.306 e. The van der Waals surface area contributed by atoms with Crippen molar-refractivity contribution in [2.24, 2.45) is 5.92 Å². The Morgan fingerprint density at radius 2 is 1.80 bits per heavy atom. The molecule has 1 atom stereocenters. The van der Waals surface area contributed by atoms with Crippen molar-refractivity contribution >= 4 is 11.9 Å². The first kappa shape index (κ1) is 11.7. The van der Waals surface area contributed by atoms with Gasteiger partial charge in [0.15, 0.2) is 0 Å². The minimum atomic E-state index is -1.08. The van der Waals surface area contributed by atoms with Crippen LogP contribution in [0.1, 0.15) is 13.3 Å². The number of carboxylic acids is 2. The van der Waals surface area contributed by atoms with Crippen LogP contribution in [0.4, 0.5) is 0 Å². The van der Waals surface area contributed by atoms with E-state index in [-0.39, 0.29) is 12.6 Å². The summed E-state index contributed by atoms with van der Waals surface area (Å²) in [6, 6.07) is 0. The molecule has 0 rings (SSSR count). The van der Waals surface area contributed by atoms with Crippen molar-refractivity contribution in [3.05, 3.63) is 0 Å². The van der Waals surface area contributed by atoms with Gasteiger partial charge in [-0.1, -0.05) is 6.92 Å². The highest BCUT2D eigenvalue weighted by Gasteiger charge is 2.13. The lowest BCUT2D eigenvalue weighted by Crippen LogP contribution is -2.13. The summed E-state index contributed by atoms with van der Waals surface area (Å²) in [6.45, 7) is 1.36. The molecule has 0 aromatic rings. The average molecular weight is 149 g/mol. The van der Waals surface area contributed by atoms with Crippen molar-refractivity contribution in [3.8, 4) is 0 Å². The van der Waals surface area contributed by atoms with Crippen LogP contribution in [0.5, 0.6) is 0 Å². The molecule has 0 radical (unpaired) electrons. The van der Waals surface area contributed by atoms with Crippen molar-refractivity contribution in [1.82, 2.24) is 6.15 Å². The van der Waals surface area contributed by atoms with Crippen molar-refractivity contribution in [1.29, 1.82) is 0 Å². The molecule has 0 heterocycles. The fourth-order valence-corrected chi connectivity index (χ4v) is 0.349. The lowest BCUT2D eigenvalue weighted by Gasteiger charge is -1.98. The Hall–Kier alpha value is -1.10. The predicted octanol–water partition coefficient (Wildman–Crippen LogP) is 0.344. The summed E-state index contributed by atoms with van der Waals surface area (Å²) in [5.41, 5.74) is 0. The Balaban J connectivity index is 0. The molecule has 0 fully saturated rings. The van der Waals surface area contributed by atoms with Crippen LogP contribution in [-0.2, 0) is 9.59 Å². The number of carboxylic acid groups (broad SMARTS) is 2. The third-order valence-electron chi connectivity index (χ3n) is 0.902. The van der Waals surface area contributed by atoms with Crippen LogP contribution in [0.25, 0.3) is 0 Å². The van der Waals surface area contributed by atoms with Gasteiger partial charge in [0, 0.05) is 0 Å². The maximum atomic E-state index is 9.97. The van der Waals surface area contributed by atoms with Gasteiger partial charge in [-0.2, -0.15) is 0 Å². The van der Waals surface area contributed by atoms with Crippen LogP contribution in [0.2, 0.25) is 0 Å². The summed E-state index contributed by atoms with van der Waals surface area (Å²) in [5, 5.41) is 16.2. The van der Waals surface area contributed by atoms with E-state index in [4.69, 9.17) is 10.2 Å². The van der Waals surface area contributed by atoms with Gasteiger partial charge in [0.1, 0.15) is 0 Å². The van der Waals surface area contributed by atoms with Gasteiger partial charge in [0.2, 0.25) is 0 Å². The lowest BCUT2D eigenvalue weighted by atomic mass is 10.1. The van der Waals surface area contributed by atoms with Crippen LogP contribution in [0.3, 0.4) is 0 Å². The van der Waals surface area contributed by atoms with E-state index in [0.29, 0.717) is 0 Å². The third-order valence-corrected chi connectivity index (χ3v) is 0.902. The van der Waals surface area contributed by atoms with Gasteiger partial charge in [-0.05, 0) is 0 Å². The highest BCUT2D eigenvalue weighted by atomic mass is 16.4. The van der Waals surface area contributed by atoms with Crippen molar-refractivity contribution in [2.75, 3.05) is 0 Å². The first-order valence-electron chi connectivity index (χ1n) is 2.48. The largest absolute Gasteiger partial charge is 0.481 e. The molecule has 5 nitrogen and oxygen atoms in total. The fraction of sp³-hybridized carbons (Fsp3) is 0.600. The number of rotatable bonds is 3. The third kappa shape index (κ3) is 5.04. The van der Waals surface area contributed by atoms with Crippen molar-refractivity contribution < 1.29 is 19.8 Å². The Labute approximate surface area is 58.2 Å². The molecule has 0 aromatic heterocycles. The van der Waals surface area contributed by atoms with Crippen molar-refractivity contribution in [3.63, 3.8) is 0 Å². The summed E-state index contributed by atoms with van der Waals surface area (Å²) in [5.74, 6) is -2.94. The summed E-state index contributed by atoms with van der Waals surface area (Å²) >= 11 is 0. The lowest BCUT2D eigenvalue weighted by molar-refractivity contribution is -0.147. The molecule has 0 bridgehead atoms. The number of carbonyl (C=O) groups is 2. The Bertz CT molecular complexity index is 134. The van der Waals surface area contributed by atoms with Gasteiger partial charge < -0.3 is 16.4 Å². The summed E-state index contributed by atoms with van der Waals surface area (Å²) in [4.78, 5) is 19.8. The fourth-order valence-electron chi connectivity index (χ4n) is 0.349. The van der Waals surface area contributed by atoms with Crippen LogP contribution >= 0.6 is 0 Å². The van der Waals surface area contributed by atoms with E-state index in [2.05, 4.69) is 0 Å². The van der Waals surface area contributed by atoms with Crippen LogP contribution in [0, 0.1) is 5.92 Å². The zero-order valence-corrected chi connectivity index (χ0v) is 5.70. The van der Waals surface area contributed by atoms with Crippen LogP contribution in [0.15, 0.2) is 0 Å². The average Bonchev–Trinajstić information content (AvgIpc) is 1.63. The normalized spacial score (nSPS) is 11.3. The van der Waals surface area contributed by atoms with Crippen molar-refractivity contribution in [2.45, 2.75) is 13.3 Å². The molecule has 0 aromatic carbocycles. The molecule has 0 saturated carbocycles. The van der Waals surface area contributed by atoms with Gasteiger partial charge >= 0.3 is 11.9 Å².